The van der Waals surface area contributed by atoms with Crippen molar-refractivity contribution in [2.75, 3.05) is 0 Å². The second kappa shape index (κ2) is 3.71. The lowest BCUT2D eigenvalue weighted by atomic mass is 10.2. The van der Waals surface area contributed by atoms with Crippen LogP contribution in [0.1, 0.15) is 5.01 Å². The standard InChI is InChI=1S/C9H7IN2S/c1-6-11-9(12-13-6)7-3-2-4-8(10)5-7/h2-5H,1H3. The SMILES string of the molecule is Cc1nc(-c2cccc(I)c2)ns1. The van der Waals surface area contributed by atoms with Crippen molar-refractivity contribution in [2.24, 2.45) is 0 Å². The van der Waals surface area contributed by atoms with Crippen molar-refractivity contribution in [1.29, 1.82) is 0 Å². The molecule has 0 N–H and O–H groups in total. The minimum absolute atomic E-state index is 0.834. The highest BCUT2D eigenvalue weighted by molar-refractivity contribution is 14.1. The molecule has 0 spiro atoms. The van der Waals surface area contributed by atoms with Gasteiger partial charge in [0.1, 0.15) is 5.01 Å². The van der Waals surface area contributed by atoms with E-state index in [1.807, 2.05) is 19.1 Å². The van der Waals surface area contributed by atoms with Gasteiger partial charge in [0.2, 0.25) is 0 Å². The summed E-state index contributed by atoms with van der Waals surface area (Å²) in [6.45, 7) is 1.97. The molecule has 4 heteroatoms. The van der Waals surface area contributed by atoms with Gasteiger partial charge in [0.15, 0.2) is 5.82 Å². The maximum absolute atomic E-state index is 4.33. The summed E-state index contributed by atoms with van der Waals surface area (Å²) in [7, 11) is 0. The van der Waals surface area contributed by atoms with Crippen LogP contribution >= 0.6 is 34.1 Å². The van der Waals surface area contributed by atoms with Crippen molar-refractivity contribution in [2.45, 2.75) is 6.92 Å². The van der Waals surface area contributed by atoms with Gasteiger partial charge in [0.25, 0.3) is 0 Å². The average Bonchev–Trinajstić information content (AvgIpc) is 2.52. The van der Waals surface area contributed by atoms with Crippen LogP contribution < -0.4 is 0 Å². The molecule has 0 saturated carbocycles. The third kappa shape index (κ3) is 2.05. The van der Waals surface area contributed by atoms with Crippen LogP contribution in [0.15, 0.2) is 24.3 Å². The summed E-state index contributed by atoms with van der Waals surface area (Å²) in [6.07, 6.45) is 0. The molecule has 0 aliphatic carbocycles. The van der Waals surface area contributed by atoms with Crippen molar-refractivity contribution in [1.82, 2.24) is 9.36 Å². The van der Waals surface area contributed by atoms with Crippen molar-refractivity contribution >= 4 is 34.1 Å². The van der Waals surface area contributed by atoms with Crippen molar-refractivity contribution in [3.05, 3.63) is 32.8 Å². The van der Waals surface area contributed by atoms with Gasteiger partial charge in [0.05, 0.1) is 0 Å². The van der Waals surface area contributed by atoms with Crippen LogP contribution in [0.5, 0.6) is 0 Å². The molecule has 1 heterocycles. The molecule has 0 bridgehead atoms. The molecule has 2 rings (SSSR count). The van der Waals surface area contributed by atoms with Gasteiger partial charge in [-0.25, -0.2) is 4.98 Å². The van der Waals surface area contributed by atoms with Gasteiger partial charge in [-0.2, -0.15) is 4.37 Å². The Labute approximate surface area is 94.3 Å². The van der Waals surface area contributed by atoms with E-state index in [1.165, 1.54) is 15.1 Å². The summed E-state index contributed by atoms with van der Waals surface area (Å²) in [6, 6.07) is 8.20. The number of halogens is 1. The summed E-state index contributed by atoms with van der Waals surface area (Å²) >= 11 is 3.73. The zero-order valence-electron chi connectivity index (χ0n) is 6.99. The first-order valence-corrected chi connectivity index (χ1v) is 5.67. The van der Waals surface area contributed by atoms with Gasteiger partial charge in [-0.1, -0.05) is 12.1 Å². The fourth-order valence-electron chi connectivity index (χ4n) is 1.04. The topological polar surface area (TPSA) is 25.8 Å². The minimum Gasteiger partial charge on any atom is -0.220 e. The van der Waals surface area contributed by atoms with Gasteiger partial charge < -0.3 is 0 Å². The molecule has 66 valence electrons. The lowest BCUT2D eigenvalue weighted by Crippen LogP contribution is -1.81. The number of rotatable bonds is 1. The summed E-state index contributed by atoms with van der Waals surface area (Å²) in [5.41, 5.74) is 1.09. The van der Waals surface area contributed by atoms with Crippen molar-refractivity contribution in [3.8, 4) is 11.4 Å². The zero-order valence-corrected chi connectivity index (χ0v) is 9.96. The number of aromatic nitrogens is 2. The van der Waals surface area contributed by atoms with E-state index >= 15 is 0 Å². The Morgan fingerprint density at radius 1 is 1.38 bits per heavy atom. The maximum Gasteiger partial charge on any atom is 0.173 e. The monoisotopic (exact) mass is 302 g/mol. The predicted octanol–water partition coefficient (Wildman–Crippen LogP) is 3.12. The Morgan fingerprint density at radius 3 is 2.85 bits per heavy atom. The second-order valence-corrected chi connectivity index (χ2v) is 4.85. The first-order chi connectivity index (χ1) is 6.25. The highest BCUT2D eigenvalue weighted by Gasteiger charge is 2.03. The predicted molar refractivity (Wildman–Crippen MR) is 62.8 cm³/mol. The summed E-state index contributed by atoms with van der Waals surface area (Å²) < 4.78 is 5.47. The molecule has 1 aromatic heterocycles. The Bertz CT molecular complexity index is 425. The normalized spacial score (nSPS) is 10.3. The third-order valence-electron chi connectivity index (χ3n) is 1.61. The minimum atomic E-state index is 0.834. The maximum atomic E-state index is 4.33. The number of aryl methyl sites for hydroxylation is 1. The van der Waals surface area contributed by atoms with E-state index in [-0.39, 0.29) is 0 Å². The van der Waals surface area contributed by atoms with Crippen LogP contribution in [0.3, 0.4) is 0 Å². The molecule has 0 amide bonds. The van der Waals surface area contributed by atoms with Crippen LogP contribution in [0.2, 0.25) is 0 Å². The first-order valence-electron chi connectivity index (χ1n) is 3.82. The molecule has 2 aromatic rings. The Morgan fingerprint density at radius 2 is 2.23 bits per heavy atom. The smallest absolute Gasteiger partial charge is 0.173 e. The molecule has 2 nitrogen and oxygen atoms in total. The highest BCUT2D eigenvalue weighted by atomic mass is 127. The Balaban J connectivity index is 2.46. The zero-order chi connectivity index (χ0) is 9.26. The highest BCUT2D eigenvalue weighted by Crippen LogP contribution is 2.19. The number of nitrogens with zero attached hydrogens (tertiary/aromatic N) is 2. The van der Waals surface area contributed by atoms with E-state index in [4.69, 9.17) is 0 Å². The molecule has 0 aliphatic heterocycles. The second-order valence-electron chi connectivity index (χ2n) is 2.65. The average molecular weight is 302 g/mol. The number of benzene rings is 1. The number of hydrogen-bond donors (Lipinski definition) is 0. The summed E-state index contributed by atoms with van der Waals surface area (Å²) in [5, 5.41) is 1.01. The van der Waals surface area contributed by atoms with E-state index in [1.54, 1.807) is 0 Å². The van der Waals surface area contributed by atoms with E-state index in [0.29, 0.717) is 0 Å². The lowest BCUT2D eigenvalue weighted by molar-refractivity contribution is 1.26. The van der Waals surface area contributed by atoms with Crippen molar-refractivity contribution < 1.29 is 0 Å². The van der Waals surface area contributed by atoms with Gasteiger partial charge in [-0.3, -0.25) is 0 Å². The van der Waals surface area contributed by atoms with Crippen LogP contribution in [0.25, 0.3) is 11.4 Å². The van der Waals surface area contributed by atoms with Gasteiger partial charge in [0, 0.05) is 9.13 Å². The Hall–Kier alpha value is -0.490. The van der Waals surface area contributed by atoms with E-state index in [0.717, 1.165) is 16.4 Å². The van der Waals surface area contributed by atoms with E-state index in [2.05, 4.69) is 44.1 Å². The van der Waals surface area contributed by atoms with Gasteiger partial charge in [-0.05, 0) is 53.2 Å². The Kier molecular flexibility index (Phi) is 2.59. The number of hydrogen-bond acceptors (Lipinski definition) is 3. The van der Waals surface area contributed by atoms with Crippen LogP contribution in [0.4, 0.5) is 0 Å². The molecule has 1 aromatic carbocycles. The molecule has 0 aliphatic rings. The van der Waals surface area contributed by atoms with Gasteiger partial charge in [-0.15, -0.1) is 0 Å². The van der Waals surface area contributed by atoms with Crippen LogP contribution in [-0.4, -0.2) is 9.36 Å². The molecular formula is C9H7IN2S. The van der Waals surface area contributed by atoms with Crippen molar-refractivity contribution in [3.63, 3.8) is 0 Å². The molecular weight excluding hydrogens is 295 g/mol. The molecule has 13 heavy (non-hydrogen) atoms. The van der Waals surface area contributed by atoms with Gasteiger partial charge >= 0.3 is 0 Å². The molecule has 0 radical (unpaired) electrons. The molecule has 0 saturated heterocycles. The fourth-order valence-corrected chi connectivity index (χ4v) is 2.08. The first kappa shape index (κ1) is 9.08. The summed E-state index contributed by atoms with van der Waals surface area (Å²) in [5.74, 6) is 0.834. The molecule has 0 fully saturated rings. The molecule has 0 unspecified atom stereocenters. The quantitative estimate of drug-likeness (QED) is 0.756. The van der Waals surface area contributed by atoms with Crippen LogP contribution in [-0.2, 0) is 0 Å². The van der Waals surface area contributed by atoms with Crippen LogP contribution in [0, 0.1) is 10.5 Å². The largest absolute Gasteiger partial charge is 0.220 e. The fraction of sp³-hybridized carbons (Fsp3) is 0.111. The molecule has 0 atom stereocenters. The lowest BCUT2D eigenvalue weighted by Gasteiger charge is -1.94. The third-order valence-corrected chi connectivity index (χ3v) is 2.90. The van der Waals surface area contributed by atoms with E-state index in [9.17, 15) is 0 Å². The van der Waals surface area contributed by atoms with E-state index < -0.39 is 0 Å². The summed E-state index contributed by atoms with van der Waals surface area (Å²) in [4.78, 5) is 4.33.